The van der Waals surface area contributed by atoms with E-state index in [0.717, 1.165) is 25.7 Å². The summed E-state index contributed by atoms with van der Waals surface area (Å²) in [5.74, 6) is -1.84. The third-order valence-electron chi connectivity index (χ3n) is 4.19. The van der Waals surface area contributed by atoms with Crippen LogP contribution in [0.15, 0.2) is 30.6 Å². The first-order valence-corrected chi connectivity index (χ1v) is 7.89. The fraction of sp³-hybridized carbons (Fsp3) is 0.353. The van der Waals surface area contributed by atoms with Crippen LogP contribution in [0.2, 0.25) is 0 Å². The van der Waals surface area contributed by atoms with Gasteiger partial charge in [-0.2, -0.15) is 10.4 Å². The van der Waals surface area contributed by atoms with Crippen molar-refractivity contribution in [1.29, 1.82) is 5.26 Å². The summed E-state index contributed by atoms with van der Waals surface area (Å²) in [5, 5.41) is 18.6. The molecule has 1 amide bonds. The summed E-state index contributed by atoms with van der Waals surface area (Å²) in [6.45, 7) is 0. The highest BCUT2D eigenvalue weighted by Gasteiger charge is 2.30. The first-order chi connectivity index (χ1) is 11.7. The standard InChI is InChI=1S/C17H17N5O2/c18-9-14(17(24)21-13-6-1-2-7-13)15(23)11-4-3-5-12(8-11)16-19-10-20-22-16/h3-5,8,10,13-14H,1-2,6-7H2,(H,21,24)(H,19,20,22). The smallest absolute Gasteiger partial charge is 0.245 e. The van der Waals surface area contributed by atoms with Gasteiger partial charge in [-0.25, -0.2) is 4.98 Å². The van der Waals surface area contributed by atoms with E-state index in [-0.39, 0.29) is 6.04 Å². The SMILES string of the molecule is N#CC(C(=O)NC1CCCC1)C(=O)c1cccc(-c2ncn[nH]2)c1. The maximum absolute atomic E-state index is 12.6. The number of rotatable bonds is 5. The number of carbonyl (C=O) groups excluding carboxylic acids is 2. The number of ketones is 1. The predicted molar refractivity (Wildman–Crippen MR) is 85.7 cm³/mol. The molecule has 122 valence electrons. The molecule has 3 rings (SSSR count). The van der Waals surface area contributed by atoms with Crippen molar-refractivity contribution >= 4 is 11.7 Å². The van der Waals surface area contributed by atoms with Gasteiger partial charge in [-0.15, -0.1) is 0 Å². The Labute approximate surface area is 139 Å². The average molecular weight is 323 g/mol. The van der Waals surface area contributed by atoms with Crippen LogP contribution in [0.25, 0.3) is 11.4 Å². The number of carbonyl (C=O) groups is 2. The number of aromatic nitrogens is 3. The van der Waals surface area contributed by atoms with E-state index in [1.165, 1.54) is 6.33 Å². The summed E-state index contributed by atoms with van der Waals surface area (Å²) in [4.78, 5) is 28.9. The lowest BCUT2D eigenvalue weighted by Crippen LogP contribution is -2.39. The number of nitrogens with zero attached hydrogens (tertiary/aromatic N) is 3. The van der Waals surface area contributed by atoms with Gasteiger partial charge in [0.1, 0.15) is 6.33 Å². The number of hydrogen-bond donors (Lipinski definition) is 2. The normalized spacial score (nSPS) is 15.6. The molecule has 0 spiro atoms. The van der Waals surface area contributed by atoms with Crippen LogP contribution in [0.3, 0.4) is 0 Å². The van der Waals surface area contributed by atoms with Crippen LogP contribution in [0.1, 0.15) is 36.0 Å². The van der Waals surface area contributed by atoms with Crippen LogP contribution >= 0.6 is 0 Å². The number of aromatic amines is 1. The number of H-pyrrole nitrogens is 1. The zero-order chi connectivity index (χ0) is 16.9. The zero-order valence-electron chi connectivity index (χ0n) is 13.0. The second-order valence-corrected chi connectivity index (χ2v) is 5.83. The van der Waals surface area contributed by atoms with Gasteiger partial charge in [-0.3, -0.25) is 14.7 Å². The van der Waals surface area contributed by atoms with Gasteiger partial charge in [0.15, 0.2) is 17.5 Å². The molecule has 1 atom stereocenters. The van der Waals surface area contributed by atoms with Crippen molar-refractivity contribution in [2.24, 2.45) is 5.92 Å². The lowest BCUT2D eigenvalue weighted by molar-refractivity contribution is -0.122. The largest absolute Gasteiger partial charge is 0.352 e. The Balaban J connectivity index is 1.77. The predicted octanol–water partition coefficient (Wildman–Crippen LogP) is 1.85. The van der Waals surface area contributed by atoms with Crippen molar-refractivity contribution < 1.29 is 9.59 Å². The molecule has 1 aromatic carbocycles. The van der Waals surface area contributed by atoms with Crippen molar-refractivity contribution in [3.8, 4) is 17.5 Å². The van der Waals surface area contributed by atoms with E-state index in [9.17, 15) is 14.9 Å². The molecule has 0 saturated heterocycles. The quantitative estimate of drug-likeness (QED) is 0.644. The van der Waals surface area contributed by atoms with Crippen molar-refractivity contribution in [3.05, 3.63) is 36.2 Å². The van der Waals surface area contributed by atoms with Gasteiger partial charge in [0.25, 0.3) is 0 Å². The van der Waals surface area contributed by atoms with E-state index in [4.69, 9.17) is 0 Å². The summed E-state index contributed by atoms with van der Waals surface area (Å²) in [5.41, 5.74) is 0.975. The van der Waals surface area contributed by atoms with E-state index in [2.05, 4.69) is 20.5 Å². The van der Waals surface area contributed by atoms with Crippen LogP contribution in [-0.2, 0) is 4.79 Å². The molecule has 7 nitrogen and oxygen atoms in total. The van der Waals surface area contributed by atoms with Crippen LogP contribution < -0.4 is 5.32 Å². The first kappa shape index (κ1) is 15.9. The van der Waals surface area contributed by atoms with Crippen molar-refractivity contribution in [1.82, 2.24) is 20.5 Å². The highest BCUT2D eigenvalue weighted by Crippen LogP contribution is 2.20. The molecule has 1 aromatic heterocycles. The highest BCUT2D eigenvalue weighted by atomic mass is 16.2. The third-order valence-corrected chi connectivity index (χ3v) is 4.19. The molecular formula is C17H17N5O2. The number of amides is 1. The fourth-order valence-corrected chi connectivity index (χ4v) is 2.92. The van der Waals surface area contributed by atoms with Crippen LogP contribution in [0.5, 0.6) is 0 Å². The minimum atomic E-state index is -1.34. The van der Waals surface area contributed by atoms with E-state index < -0.39 is 17.6 Å². The molecule has 1 heterocycles. The number of nitriles is 1. The molecule has 2 N–H and O–H groups in total. The van der Waals surface area contributed by atoms with Crippen molar-refractivity contribution in [2.75, 3.05) is 0 Å². The van der Waals surface area contributed by atoms with Crippen LogP contribution in [0, 0.1) is 17.2 Å². The molecule has 0 radical (unpaired) electrons. The summed E-state index contributed by atoms with van der Waals surface area (Å²) in [7, 11) is 0. The van der Waals surface area contributed by atoms with Crippen molar-refractivity contribution in [2.45, 2.75) is 31.7 Å². The summed E-state index contributed by atoms with van der Waals surface area (Å²) >= 11 is 0. The maximum Gasteiger partial charge on any atom is 0.245 e. The first-order valence-electron chi connectivity index (χ1n) is 7.89. The van der Waals surface area contributed by atoms with E-state index >= 15 is 0 Å². The number of benzene rings is 1. The van der Waals surface area contributed by atoms with E-state index in [1.807, 2.05) is 6.07 Å². The molecule has 7 heteroatoms. The van der Waals surface area contributed by atoms with Gasteiger partial charge >= 0.3 is 0 Å². The highest BCUT2D eigenvalue weighted by molar-refractivity contribution is 6.12. The summed E-state index contributed by atoms with van der Waals surface area (Å²) in [6.07, 6.45) is 5.31. The second kappa shape index (κ2) is 7.04. The third kappa shape index (κ3) is 3.33. The monoisotopic (exact) mass is 323 g/mol. The van der Waals surface area contributed by atoms with E-state index in [1.54, 1.807) is 24.3 Å². The molecule has 24 heavy (non-hydrogen) atoms. The molecular weight excluding hydrogens is 306 g/mol. The maximum atomic E-state index is 12.6. The fourth-order valence-electron chi connectivity index (χ4n) is 2.92. The van der Waals surface area contributed by atoms with Gasteiger partial charge in [0, 0.05) is 17.2 Å². The Hall–Kier alpha value is -3.01. The summed E-state index contributed by atoms with van der Waals surface area (Å²) < 4.78 is 0. The molecule has 0 bridgehead atoms. The molecule has 0 aliphatic heterocycles. The Kier molecular flexibility index (Phi) is 4.66. The van der Waals surface area contributed by atoms with Crippen LogP contribution in [0.4, 0.5) is 0 Å². The van der Waals surface area contributed by atoms with Gasteiger partial charge in [-0.05, 0) is 18.9 Å². The van der Waals surface area contributed by atoms with Gasteiger partial charge in [0.05, 0.1) is 6.07 Å². The number of hydrogen-bond acceptors (Lipinski definition) is 5. The number of Topliss-reactive ketones (excluding diaryl/α,β-unsaturated/α-hetero) is 1. The minimum Gasteiger partial charge on any atom is -0.352 e. The molecule has 1 saturated carbocycles. The summed E-state index contributed by atoms with van der Waals surface area (Å²) in [6, 6.07) is 8.57. The van der Waals surface area contributed by atoms with Gasteiger partial charge in [0.2, 0.25) is 5.91 Å². The Bertz CT molecular complexity index is 773. The Morgan fingerprint density at radius 3 is 2.79 bits per heavy atom. The zero-order valence-corrected chi connectivity index (χ0v) is 13.0. The number of nitrogens with one attached hydrogen (secondary N) is 2. The van der Waals surface area contributed by atoms with Crippen LogP contribution in [-0.4, -0.2) is 32.9 Å². The molecule has 1 fully saturated rings. The van der Waals surface area contributed by atoms with Crippen molar-refractivity contribution in [3.63, 3.8) is 0 Å². The molecule has 1 aliphatic rings. The molecule has 1 aliphatic carbocycles. The van der Waals surface area contributed by atoms with Gasteiger partial charge < -0.3 is 5.32 Å². The molecule has 1 unspecified atom stereocenters. The molecule has 2 aromatic rings. The van der Waals surface area contributed by atoms with Gasteiger partial charge in [-0.1, -0.05) is 31.0 Å². The van der Waals surface area contributed by atoms with E-state index in [0.29, 0.717) is 17.0 Å². The topological polar surface area (TPSA) is 112 Å². The average Bonchev–Trinajstić information content (AvgIpc) is 3.29. The Morgan fingerprint density at radius 1 is 1.33 bits per heavy atom. The second-order valence-electron chi connectivity index (χ2n) is 5.83. The minimum absolute atomic E-state index is 0.0710. The lowest BCUT2D eigenvalue weighted by Gasteiger charge is -2.14. The lowest BCUT2D eigenvalue weighted by atomic mass is 9.96. The Morgan fingerprint density at radius 2 is 2.12 bits per heavy atom.